The molecule has 0 bridgehead atoms. The smallest absolute Gasteiger partial charge is 0.0195 e. The summed E-state index contributed by atoms with van der Waals surface area (Å²) in [6.45, 7) is 13.5. The van der Waals surface area contributed by atoms with E-state index in [1.807, 2.05) is 6.07 Å². The third kappa shape index (κ3) is 6.89. The number of benzene rings is 4. The minimum Gasteiger partial charge on any atom is -0.673 e. The topological polar surface area (TPSA) is 27.0 Å². The van der Waals surface area contributed by atoms with Crippen LogP contribution in [-0.4, -0.2) is 4.98 Å². The Morgan fingerprint density at radius 3 is 1.83 bits per heavy atom. The third-order valence-corrected chi connectivity index (χ3v) is 7.54. The van der Waals surface area contributed by atoms with E-state index in [-0.39, 0.29) is 39.3 Å². The first-order valence-electron chi connectivity index (χ1n) is 14.1. The average Bonchev–Trinajstić information content (AvgIpc) is 2.95. The molecule has 0 fully saturated rings. The van der Waals surface area contributed by atoms with Gasteiger partial charge in [0.25, 0.3) is 0 Å². The van der Waals surface area contributed by atoms with Crippen LogP contribution in [0.15, 0.2) is 97.1 Å². The first-order chi connectivity index (χ1) is 18.8. The van der Waals surface area contributed by atoms with Gasteiger partial charge in [0.1, 0.15) is 0 Å². The van der Waals surface area contributed by atoms with Gasteiger partial charge in [-0.15, -0.1) is 34.8 Å². The summed E-state index contributed by atoms with van der Waals surface area (Å²) in [5, 5.41) is 7.96. The predicted molar refractivity (Wildman–Crippen MR) is 172 cm³/mol. The van der Waals surface area contributed by atoms with Crippen molar-refractivity contribution < 1.29 is 25.8 Å². The van der Waals surface area contributed by atoms with Crippen molar-refractivity contribution >= 4 is 16.5 Å². The molecule has 210 valence electrons. The van der Waals surface area contributed by atoms with Gasteiger partial charge in [0.15, 0.2) is 0 Å². The van der Waals surface area contributed by atoms with Crippen LogP contribution in [0.2, 0.25) is 0 Å². The molecule has 5 aromatic rings. The second kappa shape index (κ2) is 14.2. The van der Waals surface area contributed by atoms with Crippen molar-refractivity contribution in [2.24, 2.45) is 0 Å². The van der Waals surface area contributed by atoms with Gasteiger partial charge in [-0.1, -0.05) is 142 Å². The first kappa shape index (κ1) is 32.5. The number of nitrogens with zero attached hydrogens (tertiary/aromatic N) is 2. The second-order valence-electron chi connectivity index (χ2n) is 11.3. The zero-order valence-electron chi connectivity index (χ0n) is 25.4. The van der Waals surface area contributed by atoms with E-state index in [0.717, 1.165) is 28.0 Å². The van der Waals surface area contributed by atoms with E-state index in [0.29, 0.717) is 17.8 Å². The Hall–Kier alpha value is -3.04. The standard InChI is InChI=1S/C37H38N2.CH3.Hf/c1-24(2)28-16-9-10-18-33(28)37(39-36-29(25(3)4)19-12-20-30(36)26(5)6)35-23-13-22-34(38-35)32-21-11-15-27-14-7-8-17-31(27)32;;/h7-20,22-26,37H,1-6H3;1H3;/q-2;-1;. The van der Waals surface area contributed by atoms with Gasteiger partial charge in [0.05, 0.1) is 0 Å². The van der Waals surface area contributed by atoms with Gasteiger partial charge < -0.3 is 17.7 Å². The maximum Gasteiger partial charge on any atom is 0.0195 e. The molecule has 4 aromatic carbocycles. The summed E-state index contributed by atoms with van der Waals surface area (Å²) in [5.74, 6) is 1.11. The summed E-state index contributed by atoms with van der Waals surface area (Å²) in [4.78, 5) is 5.29. The van der Waals surface area contributed by atoms with Gasteiger partial charge in [-0.25, -0.2) is 0 Å². The van der Waals surface area contributed by atoms with Gasteiger partial charge in [0, 0.05) is 31.5 Å². The molecule has 0 N–H and O–H groups in total. The second-order valence-corrected chi connectivity index (χ2v) is 11.3. The van der Waals surface area contributed by atoms with Crippen molar-refractivity contribution in [3.63, 3.8) is 0 Å². The van der Waals surface area contributed by atoms with Crippen LogP contribution in [0.3, 0.4) is 0 Å². The van der Waals surface area contributed by atoms with Crippen LogP contribution in [0.25, 0.3) is 27.3 Å². The molecule has 0 saturated heterocycles. The molecule has 3 heteroatoms. The maximum absolute atomic E-state index is 5.61. The van der Waals surface area contributed by atoms with E-state index in [9.17, 15) is 0 Å². The van der Waals surface area contributed by atoms with Crippen molar-refractivity contribution in [2.75, 3.05) is 0 Å². The summed E-state index contributed by atoms with van der Waals surface area (Å²) in [7, 11) is 0. The van der Waals surface area contributed by atoms with Gasteiger partial charge >= 0.3 is 0 Å². The van der Waals surface area contributed by atoms with Gasteiger partial charge in [-0.3, -0.25) is 0 Å². The molecule has 1 heterocycles. The van der Waals surface area contributed by atoms with Crippen molar-refractivity contribution in [3.05, 3.63) is 144 Å². The molecule has 1 atom stereocenters. The van der Waals surface area contributed by atoms with E-state index in [2.05, 4.69) is 139 Å². The molecular formula is C38H41HfN2-3. The maximum atomic E-state index is 5.61. The van der Waals surface area contributed by atoms with Crippen LogP contribution in [-0.2, 0) is 25.8 Å². The zero-order valence-corrected chi connectivity index (χ0v) is 29.0. The molecule has 0 amide bonds. The number of pyridine rings is 1. The Labute approximate surface area is 266 Å². The van der Waals surface area contributed by atoms with Crippen molar-refractivity contribution in [3.8, 4) is 11.3 Å². The quantitative estimate of drug-likeness (QED) is 0.117. The molecule has 5 rings (SSSR count). The summed E-state index contributed by atoms with van der Waals surface area (Å²) in [6.07, 6.45) is 0. The molecule has 1 unspecified atom stereocenters. The van der Waals surface area contributed by atoms with Crippen LogP contribution < -0.4 is 0 Å². The fraction of sp³-hybridized carbons (Fsp3) is 0.263. The van der Waals surface area contributed by atoms with Gasteiger partial charge in [-0.05, 0) is 41.1 Å². The average molecular weight is 704 g/mol. The number of para-hydroxylation sites is 1. The van der Waals surface area contributed by atoms with Gasteiger partial charge in [0.2, 0.25) is 0 Å². The normalized spacial score (nSPS) is 11.8. The Kier molecular flexibility index (Phi) is 11.3. The van der Waals surface area contributed by atoms with E-state index in [4.69, 9.17) is 10.3 Å². The number of aromatic nitrogens is 1. The van der Waals surface area contributed by atoms with Crippen LogP contribution in [0.1, 0.15) is 93.3 Å². The monoisotopic (exact) mass is 705 g/mol. The van der Waals surface area contributed by atoms with Crippen molar-refractivity contribution in [1.29, 1.82) is 0 Å². The van der Waals surface area contributed by atoms with Crippen LogP contribution >= 0.6 is 0 Å². The minimum absolute atomic E-state index is 0. The van der Waals surface area contributed by atoms with Crippen LogP contribution in [0.5, 0.6) is 0 Å². The summed E-state index contributed by atoms with van der Waals surface area (Å²) in [6, 6.07) is 37.5. The van der Waals surface area contributed by atoms with E-state index < -0.39 is 0 Å². The molecule has 0 radical (unpaired) electrons. The molecule has 0 aliphatic heterocycles. The Morgan fingerprint density at radius 1 is 0.610 bits per heavy atom. The minimum atomic E-state index is -0.226. The van der Waals surface area contributed by atoms with E-state index in [1.165, 1.54) is 27.6 Å². The Balaban J connectivity index is 0.00000231. The fourth-order valence-electron chi connectivity index (χ4n) is 5.49. The van der Waals surface area contributed by atoms with Crippen molar-refractivity contribution in [1.82, 2.24) is 4.98 Å². The van der Waals surface area contributed by atoms with E-state index in [1.54, 1.807) is 0 Å². The predicted octanol–water partition coefficient (Wildman–Crippen LogP) is 11.3. The summed E-state index contributed by atoms with van der Waals surface area (Å²) in [5.41, 5.74) is 9.10. The summed E-state index contributed by atoms with van der Waals surface area (Å²) < 4.78 is 0. The molecule has 0 aliphatic carbocycles. The Bertz CT molecular complexity index is 1550. The molecule has 0 spiro atoms. The molecule has 0 saturated carbocycles. The van der Waals surface area contributed by atoms with Crippen LogP contribution in [0.4, 0.5) is 5.69 Å². The summed E-state index contributed by atoms with van der Waals surface area (Å²) >= 11 is 0. The SMILES string of the molecule is CC(C)c1ccccc1C([N-]c1c(C(C)C)cccc1C(C)C)c1cccc(-c2[c-]ccc3ccccc23)n1.[CH3-].[Hf]. The molecule has 0 aliphatic rings. The van der Waals surface area contributed by atoms with E-state index >= 15 is 0 Å². The molecule has 2 nitrogen and oxygen atoms in total. The number of hydrogen-bond donors (Lipinski definition) is 0. The number of hydrogen-bond acceptors (Lipinski definition) is 1. The van der Waals surface area contributed by atoms with Crippen LogP contribution in [0, 0.1) is 13.5 Å². The Morgan fingerprint density at radius 2 is 1.17 bits per heavy atom. The third-order valence-electron chi connectivity index (χ3n) is 7.54. The molecular weight excluding hydrogens is 663 g/mol. The number of rotatable bonds is 8. The first-order valence-corrected chi connectivity index (χ1v) is 14.1. The fourth-order valence-corrected chi connectivity index (χ4v) is 5.49. The molecule has 41 heavy (non-hydrogen) atoms. The molecule has 1 aromatic heterocycles. The van der Waals surface area contributed by atoms with Crippen molar-refractivity contribution in [2.45, 2.75) is 65.3 Å². The number of fused-ring (bicyclic) bond motifs is 1. The zero-order chi connectivity index (χ0) is 27.5. The van der Waals surface area contributed by atoms with Gasteiger partial charge in [-0.2, -0.15) is 0 Å². The largest absolute Gasteiger partial charge is 0.673 e.